The minimum Gasteiger partial charge on any atom is -0.346 e. The number of alkyl halides is 6. The fraction of sp³-hybridized carbons (Fsp3) is 0.385. The van der Waals surface area contributed by atoms with Crippen LogP contribution in [0.5, 0.6) is 0 Å². The highest BCUT2D eigenvalue weighted by Crippen LogP contribution is 2.50. The van der Waals surface area contributed by atoms with Crippen LogP contribution in [0.1, 0.15) is 59.2 Å². The van der Waals surface area contributed by atoms with Gasteiger partial charge in [0.1, 0.15) is 6.54 Å². The van der Waals surface area contributed by atoms with Crippen LogP contribution in [-0.2, 0) is 11.2 Å². The van der Waals surface area contributed by atoms with E-state index in [1.807, 2.05) is 12.2 Å². The Bertz CT molecular complexity index is 1200. The highest BCUT2D eigenvalue weighted by molar-refractivity contribution is 9.10. The first kappa shape index (κ1) is 29.2. The Morgan fingerprint density at radius 2 is 1.78 bits per heavy atom. The highest BCUT2D eigenvalue weighted by atomic mass is 79.9. The number of hydrogen-bond donors (Lipinski definition) is 1. The van der Waals surface area contributed by atoms with Gasteiger partial charge >= 0.3 is 12.4 Å². The molecule has 1 unspecified atom stereocenters. The average molecular weight is 611 g/mol. The second kappa shape index (κ2) is 11.2. The summed E-state index contributed by atoms with van der Waals surface area (Å²) in [7, 11) is 0. The lowest BCUT2D eigenvalue weighted by Gasteiger charge is -2.18. The van der Waals surface area contributed by atoms with E-state index in [4.69, 9.17) is 11.6 Å². The highest BCUT2D eigenvalue weighted by Gasteiger charge is 2.51. The second-order valence-electron chi connectivity index (χ2n) is 9.04. The molecule has 3 nitrogen and oxygen atoms in total. The number of halogens is 8. The summed E-state index contributed by atoms with van der Waals surface area (Å²) in [6.07, 6.45) is -5.98. The summed E-state index contributed by atoms with van der Waals surface area (Å²) in [5.74, 6) is -3.18. The van der Waals surface area contributed by atoms with E-state index < -0.39 is 41.9 Å². The number of ketones is 1. The van der Waals surface area contributed by atoms with E-state index >= 15 is 0 Å². The van der Waals surface area contributed by atoms with E-state index in [9.17, 15) is 35.9 Å². The molecule has 1 fully saturated rings. The summed E-state index contributed by atoms with van der Waals surface area (Å²) >= 11 is 9.26. The van der Waals surface area contributed by atoms with Gasteiger partial charge in [0.2, 0.25) is 5.91 Å². The van der Waals surface area contributed by atoms with E-state index in [0.29, 0.717) is 34.9 Å². The van der Waals surface area contributed by atoms with Crippen LogP contribution in [0, 0.1) is 5.41 Å². The van der Waals surface area contributed by atoms with Gasteiger partial charge in [0.15, 0.2) is 5.78 Å². The normalized spacial score (nSPS) is 16.0. The van der Waals surface area contributed by atoms with Crippen LogP contribution in [0.3, 0.4) is 0 Å². The van der Waals surface area contributed by atoms with Crippen molar-refractivity contribution in [2.75, 3.05) is 6.54 Å². The molecule has 0 bridgehead atoms. The molecular formula is C26H23BrClF6NO2. The average Bonchev–Trinajstić information content (AvgIpc) is 3.56. The number of aryl methyl sites for hydroxylation is 1. The second-order valence-corrected chi connectivity index (χ2v) is 10.3. The van der Waals surface area contributed by atoms with E-state index in [0.717, 1.165) is 6.08 Å². The van der Waals surface area contributed by atoms with Crippen molar-refractivity contribution in [3.8, 4) is 0 Å². The standard InChI is InChI=1S/C26H23BrClF6NO2/c1-2-15-9-17(12-18(28)10-15)20(26(32,33)34)6-4-16-3-5-19(21(27)11-16)22(36)13-24(7-8-24)23(37)35-14-25(29,30)31/h3-6,9-12,20H,2,7-8,13-14H2,1H3,(H,35,37)/b6-4+. The number of amides is 1. The summed E-state index contributed by atoms with van der Waals surface area (Å²) in [5, 5.41) is 2.04. The maximum absolute atomic E-state index is 13.8. The topological polar surface area (TPSA) is 46.2 Å². The molecule has 37 heavy (non-hydrogen) atoms. The van der Waals surface area contributed by atoms with E-state index in [1.54, 1.807) is 6.07 Å². The molecular weight excluding hydrogens is 588 g/mol. The molecule has 1 atom stereocenters. The molecule has 1 amide bonds. The Morgan fingerprint density at radius 3 is 2.32 bits per heavy atom. The predicted octanol–water partition coefficient (Wildman–Crippen LogP) is 8.06. The van der Waals surface area contributed by atoms with Crippen LogP contribution in [0.4, 0.5) is 26.3 Å². The van der Waals surface area contributed by atoms with Gasteiger partial charge in [0, 0.05) is 21.5 Å². The first-order valence-electron chi connectivity index (χ1n) is 11.4. The molecule has 200 valence electrons. The number of carbonyl (C=O) groups excluding carboxylic acids is 2. The van der Waals surface area contributed by atoms with Gasteiger partial charge in [-0.25, -0.2) is 0 Å². The lowest BCUT2D eigenvalue weighted by atomic mass is 9.93. The fourth-order valence-electron chi connectivity index (χ4n) is 3.94. The van der Waals surface area contributed by atoms with Gasteiger partial charge in [-0.15, -0.1) is 0 Å². The van der Waals surface area contributed by atoms with Crippen molar-refractivity contribution in [3.63, 3.8) is 0 Å². The summed E-state index contributed by atoms with van der Waals surface area (Å²) in [5.41, 5.74) is 0.0873. The van der Waals surface area contributed by atoms with Crippen LogP contribution in [-0.4, -0.2) is 30.6 Å². The van der Waals surface area contributed by atoms with Crippen molar-refractivity contribution in [1.82, 2.24) is 5.32 Å². The molecule has 0 heterocycles. The van der Waals surface area contributed by atoms with E-state index in [1.165, 1.54) is 36.4 Å². The van der Waals surface area contributed by atoms with Gasteiger partial charge in [0.05, 0.1) is 11.3 Å². The van der Waals surface area contributed by atoms with Crippen LogP contribution in [0.15, 0.2) is 46.9 Å². The van der Waals surface area contributed by atoms with Crippen LogP contribution in [0.2, 0.25) is 5.02 Å². The number of hydrogen-bond acceptors (Lipinski definition) is 2. The van der Waals surface area contributed by atoms with E-state index in [-0.39, 0.29) is 22.6 Å². The third-order valence-electron chi connectivity index (χ3n) is 6.16. The molecule has 1 aliphatic rings. The minimum atomic E-state index is -4.56. The SMILES string of the molecule is CCc1cc(Cl)cc(C(/C=C/c2ccc(C(=O)CC3(C(=O)NCC(F)(F)F)CC3)c(Br)c2)C(F)(F)F)c1. The molecule has 0 radical (unpaired) electrons. The molecule has 0 spiro atoms. The maximum Gasteiger partial charge on any atom is 0.405 e. The molecule has 1 aliphatic carbocycles. The molecule has 2 aromatic carbocycles. The quantitative estimate of drug-likeness (QED) is 0.231. The summed E-state index contributed by atoms with van der Waals surface area (Å²) in [6, 6.07) is 8.69. The van der Waals surface area contributed by atoms with Crippen molar-refractivity contribution >= 4 is 45.3 Å². The Hall–Kier alpha value is -2.33. The Morgan fingerprint density at radius 1 is 1.11 bits per heavy atom. The third-order valence-corrected chi connectivity index (χ3v) is 7.03. The van der Waals surface area contributed by atoms with Crippen LogP contribution in [0.25, 0.3) is 6.08 Å². The number of benzene rings is 2. The number of allylic oxidation sites excluding steroid dienone is 1. The first-order chi connectivity index (χ1) is 17.1. The molecule has 2 aromatic rings. The predicted molar refractivity (Wildman–Crippen MR) is 132 cm³/mol. The minimum absolute atomic E-state index is 0.0116. The van der Waals surface area contributed by atoms with Gasteiger partial charge in [0.25, 0.3) is 0 Å². The van der Waals surface area contributed by atoms with Crippen molar-refractivity contribution in [3.05, 3.63) is 74.2 Å². The van der Waals surface area contributed by atoms with Gasteiger partial charge < -0.3 is 5.32 Å². The van der Waals surface area contributed by atoms with Crippen molar-refractivity contribution in [2.24, 2.45) is 5.41 Å². The molecule has 0 aliphatic heterocycles. The largest absolute Gasteiger partial charge is 0.405 e. The zero-order valence-corrected chi connectivity index (χ0v) is 21.9. The Kier molecular flexibility index (Phi) is 8.84. The zero-order valence-electron chi connectivity index (χ0n) is 19.6. The van der Waals surface area contributed by atoms with Crippen LogP contribution >= 0.6 is 27.5 Å². The van der Waals surface area contributed by atoms with Crippen molar-refractivity contribution in [2.45, 2.75) is 50.9 Å². The lowest BCUT2D eigenvalue weighted by Crippen LogP contribution is -2.39. The van der Waals surface area contributed by atoms with Crippen LogP contribution < -0.4 is 5.32 Å². The smallest absolute Gasteiger partial charge is 0.346 e. The number of carbonyl (C=O) groups is 2. The van der Waals surface area contributed by atoms with Gasteiger partial charge in [-0.3, -0.25) is 9.59 Å². The Balaban J connectivity index is 1.76. The van der Waals surface area contributed by atoms with E-state index in [2.05, 4.69) is 15.9 Å². The maximum atomic E-state index is 13.8. The first-order valence-corrected chi connectivity index (χ1v) is 12.5. The molecule has 0 aromatic heterocycles. The molecule has 0 saturated heterocycles. The van der Waals surface area contributed by atoms with Gasteiger partial charge in [-0.2, -0.15) is 26.3 Å². The Labute approximate surface area is 223 Å². The molecule has 1 N–H and O–H groups in total. The third kappa shape index (κ3) is 7.83. The molecule has 11 heteroatoms. The lowest BCUT2D eigenvalue weighted by molar-refractivity contribution is -0.141. The number of nitrogens with one attached hydrogen (secondary N) is 1. The molecule has 3 rings (SSSR count). The molecule has 1 saturated carbocycles. The van der Waals surface area contributed by atoms with Crippen molar-refractivity contribution < 1.29 is 35.9 Å². The fourth-order valence-corrected chi connectivity index (χ4v) is 4.83. The number of Topliss-reactive ketones (excluding diaryl/α,β-unsaturated/α-hetero) is 1. The van der Waals surface area contributed by atoms with Gasteiger partial charge in [-0.1, -0.05) is 58.7 Å². The number of rotatable bonds is 9. The monoisotopic (exact) mass is 609 g/mol. The van der Waals surface area contributed by atoms with Gasteiger partial charge in [-0.05, 0) is 60.2 Å². The summed E-state index contributed by atoms with van der Waals surface area (Å²) < 4.78 is 79.0. The summed E-state index contributed by atoms with van der Waals surface area (Å²) in [6.45, 7) is 0.342. The summed E-state index contributed by atoms with van der Waals surface area (Å²) in [4.78, 5) is 25.0. The van der Waals surface area contributed by atoms with Crippen molar-refractivity contribution in [1.29, 1.82) is 0 Å². The zero-order chi connectivity index (χ0) is 27.6.